The number of nitrogens with zero attached hydrogens (tertiary/aromatic N) is 4. The van der Waals surface area contributed by atoms with E-state index in [1.54, 1.807) is 26.0 Å². The standard InChI is InChI=1S/C20H19N5O3S/c1-26-14-6-4-5-13(10-14)25-19(21)18(23-24-25)20-22-15(11-29-20)12-7-8-16(27-2)17(9-12)28-3/h4-11H,21H2,1-3H3. The van der Waals surface area contributed by atoms with Crippen LogP contribution >= 0.6 is 11.3 Å². The fraction of sp³-hybridized carbons (Fsp3) is 0.150. The summed E-state index contributed by atoms with van der Waals surface area (Å²) in [4.78, 5) is 4.68. The summed E-state index contributed by atoms with van der Waals surface area (Å²) in [7, 11) is 4.82. The number of rotatable bonds is 6. The third kappa shape index (κ3) is 3.47. The molecule has 0 radical (unpaired) electrons. The van der Waals surface area contributed by atoms with Crippen molar-refractivity contribution in [2.75, 3.05) is 27.1 Å². The lowest BCUT2D eigenvalue weighted by Crippen LogP contribution is -2.02. The van der Waals surface area contributed by atoms with E-state index in [4.69, 9.17) is 19.9 Å². The van der Waals surface area contributed by atoms with Crippen LogP contribution in [0.15, 0.2) is 47.8 Å². The molecule has 0 bridgehead atoms. The van der Waals surface area contributed by atoms with Crippen LogP contribution in [-0.2, 0) is 0 Å². The molecule has 0 saturated carbocycles. The Kier molecular flexibility index (Phi) is 5.05. The number of benzene rings is 2. The maximum atomic E-state index is 6.32. The van der Waals surface area contributed by atoms with Gasteiger partial charge in [0.2, 0.25) is 0 Å². The van der Waals surface area contributed by atoms with Crippen LogP contribution in [0.5, 0.6) is 17.2 Å². The zero-order chi connectivity index (χ0) is 20.4. The average molecular weight is 409 g/mol. The first-order valence-corrected chi connectivity index (χ1v) is 9.56. The van der Waals surface area contributed by atoms with Gasteiger partial charge in [0.25, 0.3) is 0 Å². The molecule has 0 saturated heterocycles. The zero-order valence-electron chi connectivity index (χ0n) is 16.1. The topological polar surface area (TPSA) is 97.3 Å². The lowest BCUT2D eigenvalue weighted by molar-refractivity contribution is 0.355. The lowest BCUT2D eigenvalue weighted by atomic mass is 10.1. The van der Waals surface area contributed by atoms with Crippen LogP contribution in [0.2, 0.25) is 0 Å². The first-order valence-electron chi connectivity index (χ1n) is 8.68. The minimum atomic E-state index is 0.409. The van der Waals surface area contributed by atoms with Crippen molar-refractivity contribution in [3.8, 4) is 44.9 Å². The molecule has 9 heteroatoms. The number of thiazole rings is 1. The van der Waals surface area contributed by atoms with Gasteiger partial charge in [0.1, 0.15) is 10.8 Å². The number of ether oxygens (including phenoxy) is 3. The van der Waals surface area contributed by atoms with Crippen molar-refractivity contribution in [3.63, 3.8) is 0 Å². The fourth-order valence-corrected chi connectivity index (χ4v) is 3.71. The van der Waals surface area contributed by atoms with E-state index in [0.29, 0.717) is 33.8 Å². The summed E-state index contributed by atoms with van der Waals surface area (Å²) in [6.45, 7) is 0. The minimum Gasteiger partial charge on any atom is -0.497 e. The summed E-state index contributed by atoms with van der Waals surface area (Å²) in [5.74, 6) is 2.43. The minimum absolute atomic E-state index is 0.409. The molecule has 0 aliphatic rings. The molecule has 2 aromatic carbocycles. The van der Waals surface area contributed by atoms with E-state index in [0.717, 1.165) is 16.9 Å². The van der Waals surface area contributed by atoms with Crippen molar-refractivity contribution in [1.82, 2.24) is 20.0 Å². The summed E-state index contributed by atoms with van der Waals surface area (Å²) in [6, 6.07) is 13.1. The zero-order valence-corrected chi connectivity index (χ0v) is 16.9. The van der Waals surface area contributed by atoms with Crippen LogP contribution in [0.4, 0.5) is 5.82 Å². The van der Waals surface area contributed by atoms with Crippen molar-refractivity contribution in [2.24, 2.45) is 0 Å². The number of nitrogens with two attached hydrogens (primary N) is 1. The smallest absolute Gasteiger partial charge is 0.165 e. The van der Waals surface area contributed by atoms with Crippen molar-refractivity contribution in [2.45, 2.75) is 0 Å². The highest BCUT2D eigenvalue weighted by Gasteiger charge is 2.18. The number of nitrogen functional groups attached to an aromatic ring is 1. The molecular weight excluding hydrogens is 390 g/mol. The predicted molar refractivity (Wildman–Crippen MR) is 112 cm³/mol. The van der Waals surface area contributed by atoms with Crippen LogP contribution in [0, 0.1) is 0 Å². The van der Waals surface area contributed by atoms with Crippen molar-refractivity contribution < 1.29 is 14.2 Å². The van der Waals surface area contributed by atoms with Crippen LogP contribution < -0.4 is 19.9 Å². The van der Waals surface area contributed by atoms with Crippen LogP contribution in [0.25, 0.3) is 27.6 Å². The lowest BCUT2D eigenvalue weighted by Gasteiger charge is -2.08. The Morgan fingerprint density at radius 3 is 2.55 bits per heavy atom. The maximum absolute atomic E-state index is 6.32. The van der Waals surface area contributed by atoms with Gasteiger partial charge in [0.05, 0.1) is 32.7 Å². The third-order valence-electron chi connectivity index (χ3n) is 4.39. The Bertz CT molecular complexity index is 1150. The number of aromatic nitrogens is 4. The van der Waals surface area contributed by atoms with E-state index in [1.165, 1.54) is 11.3 Å². The van der Waals surface area contributed by atoms with E-state index >= 15 is 0 Å². The van der Waals surface area contributed by atoms with E-state index < -0.39 is 0 Å². The van der Waals surface area contributed by atoms with Gasteiger partial charge in [0, 0.05) is 17.0 Å². The summed E-state index contributed by atoms with van der Waals surface area (Å²) >= 11 is 1.45. The van der Waals surface area contributed by atoms with Gasteiger partial charge in [-0.25, -0.2) is 4.98 Å². The molecule has 0 unspecified atom stereocenters. The van der Waals surface area contributed by atoms with Crippen molar-refractivity contribution in [3.05, 3.63) is 47.8 Å². The summed E-state index contributed by atoms with van der Waals surface area (Å²) in [6.07, 6.45) is 0. The summed E-state index contributed by atoms with van der Waals surface area (Å²) in [5, 5.41) is 11.0. The molecule has 8 nitrogen and oxygen atoms in total. The van der Waals surface area contributed by atoms with E-state index in [1.807, 2.05) is 47.8 Å². The van der Waals surface area contributed by atoms with Crippen LogP contribution in [-0.4, -0.2) is 41.3 Å². The van der Waals surface area contributed by atoms with Gasteiger partial charge in [0.15, 0.2) is 23.0 Å². The Morgan fingerprint density at radius 1 is 0.966 bits per heavy atom. The average Bonchev–Trinajstić information content (AvgIpc) is 3.40. The Hall–Kier alpha value is -3.59. The van der Waals surface area contributed by atoms with Gasteiger partial charge in [-0.15, -0.1) is 16.4 Å². The normalized spacial score (nSPS) is 10.7. The first kappa shape index (κ1) is 18.8. The van der Waals surface area contributed by atoms with E-state index in [9.17, 15) is 0 Å². The van der Waals surface area contributed by atoms with Crippen LogP contribution in [0.3, 0.4) is 0 Å². The maximum Gasteiger partial charge on any atom is 0.165 e. The van der Waals surface area contributed by atoms with Gasteiger partial charge in [-0.3, -0.25) is 0 Å². The molecule has 2 heterocycles. The predicted octanol–water partition coefficient (Wildman–Crippen LogP) is 3.67. The van der Waals surface area contributed by atoms with Gasteiger partial charge in [-0.05, 0) is 30.3 Å². The molecule has 0 aliphatic carbocycles. The van der Waals surface area contributed by atoms with Crippen molar-refractivity contribution in [1.29, 1.82) is 0 Å². The fourth-order valence-electron chi connectivity index (χ4n) is 2.89. The summed E-state index contributed by atoms with van der Waals surface area (Å²) < 4.78 is 17.5. The highest BCUT2D eigenvalue weighted by molar-refractivity contribution is 7.13. The largest absolute Gasteiger partial charge is 0.497 e. The number of anilines is 1. The highest BCUT2D eigenvalue weighted by atomic mass is 32.1. The Labute approximate surface area is 171 Å². The third-order valence-corrected chi connectivity index (χ3v) is 5.24. The van der Waals surface area contributed by atoms with Gasteiger partial charge in [-0.2, -0.15) is 4.68 Å². The quantitative estimate of drug-likeness (QED) is 0.519. The summed E-state index contributed by atoms with van der Waals surface area (Å²) in [5.41, 5.74) is 9.31. The van der Waals surface area contributed by atoms with Gasteiger partial charge in [-0.1, -0.05) is 11.3 Å². The van der Waals surface area contributed by atoms with E-state index in [2.05, 4.69) is 15.3 Å². The van der Waals surface area contributed by atoms with Gasteiger partial charge >= 0.3 is 0 Å². The molecule has 0 spiro atoms. The van der Waals surface area contributed by atoms with Gasteiger partial charge < -0.3 is 19.9 Å². The van der Waals surface area contributed by atoms with Crippen LogP contribution in [0.1, 0.15) is 0 Å². The second kappa shape index (κ2) is 7.80. The number of methoxy groups -OCH3 is 3. The SMILES string of the molecule is COc1cccc(-n2nnc(-c3nc(-c4ccc(OC)c(OC)c4)cs3)c2N)c1. The molecular formula is C20H19N5O3S. The second-order valence-electron chi connectivity index (χ2n) is 6.04. The molecule has 0 aliphatic heterocycles. The second-order valence-corrected chi connectivity index (χ2v) is 6.90. The molecule has 4 rings (SSSR count). The molecule has 2 N–H and O–H groups in total. The Balaban J connectivity index is 1.68. The monoisotopic (exact) mass is 409 g/mol. The first-order chi connectivity index (χ1) is 14.1. The highest BCUT2D eigenvalue weighted by Crippen LogP contribution is 2.35. The number of hydrogen-bond donors (Lipinski definition) is 1. The molecule has 0 fully saturated rings. The number of hydrogen-bond acceptors (Lipinski definition) is 8. The van der Waals surface area contributed by atoms with E-state index in [-0.39, 0.29) is 0 Å². The Morgan fingerprint density at radius 2 is 1.79 bits per heavy atom. The molecule has 148 valence electrons. The van der Waals surface area contributed by atoms with Crippen molar-refractivity contribution >= 4 is 17.2 Å². The molecule has 29 heavy (non-hydrogen) atoms. The molecule has 0 atom stereocenters. The molecule has 4 aromatic rings. The molecule has 2 aromatic heterocycles. The molecule has 0 amide bonds.